The lowest BCUT2D eigenvalue weighted by molar-refractivity contribution is 0.163. The van der Waals surface area contributed by atoms with Crippen molar-refractivity contribution in [1.82, 2.24) is 0 Å². The standard InChI is InChI=1S/C3H7NO2.3C2H5NO2.CH3NO2/c1-2-6-3(4)5;3*1-5-2(3)4;2-1(3)4/h2H2,1H3,(H2,4,5);3*1H3,(H2,3,4);2H2,(H,3,4). The van der Waals surface area contributed by atoms with Gasteiger partial charge in [0.15, 0.2) is 0 Å². The summed E-state index contributed by atoms with van der Waals surface area (Å²) in [7, 11) is 3.67. The van der Waals surface area contributed by atoms with Crippen molar-refractivity contribution < 1.29 is 48.0 Å². The highest BCUT2D eigenvalue weighted by Crippen LogP contribution is 1.66. The van der Waals surface area contributed by atoms with Crippen LogP contribution in [0.1, 0.15) is 6.92 Å². The Morgan fingerprint density at radius 3 is 0.840 bits per heavy atom. The molecule has 0 heterocycles. The second kappa shape index (κ2) is 28.5. The molecule has 0 aromatic rings. The number of hydrogen-bond acceptors (Lipinski definition) is 9. The smallest absolute Gasteiger partial charge is 0.404 e. The van der Waals surface area contributed by atoms with E-state index in [1.165, 1.54) is 21.3 Å². The lowest BCUT2D eigenvalue weighted by Crippen LogP contribution is -2.11. The van der Waals surface area contributed by atoms with Gasteiger partial charge in [-0.2, -0.15) is 0 Å². The summed E-state index contributed by atoms with van der Waals surface area (Å²) in [6, 6.07) is 0. The zero-order chi connectivity index (χ0) is 21.4. The molecule has 25 heavy (non-hydrogen) atoms. The van der Waals surface area contributed by atoms with Gasteiger partial charge >= 0.3 is 30.5 Å². The molecule has 0 rings (SSSR count). The van der Waals surface area contributed by atoms with Crippen LogP contribution in [0.15, 0.2) is 0 Å². The third kappa shape index (κ3) is 239. The number of carbonyl (C=O) groups is 5. The third-order valence-corrected chi connectivity index (χ3v) is 0.890. The van der Waals surface area contributed by atoms with Gasteiger partial charge in [-0.15, -0.1) is 0 Å². The van der Waals surface area contributed by atoms with Gasteiger partial charge in [-0.05, 0) is 6.92 Å². The number of carboxylic acid groups (broad SMARTS) is 1. The number of rotatable bonds is 1. The maximum atomic E-state index is 9.60. The summed E-state index contributed by atoms with van der Waals surface area (Å²) in [5.74, 6) is 0. The fourth-order valence-corrected chi connectivity index (χ4v) is 0.142. The SMILES string of the molecule is CCOC(N)=O.COC(N)=O.COC(N)=O.COC(N)=O.NC(=O)O. The zero-order valence-electron chi connectivity index (χ0n) is 14.2. The summed E-state index contributed by atoms with van der Waals surface area (Å²) in [6.07, 6.45) is -4.28. The Bertz CT molecular complexity index is 340. The highest BCUT2D eigenvalue weighted by molar-refractivity contribution is 5.65. The number of hydrogen-bond donors (Lipinski definition) is 6. The first-order chi connectivity index (χ1) is 11.3. The van der Waals surface area contributed by atoms with Crippen molar-refractivity contribution in [3.8, 4) is 0 Å². The maximum Gasteiger partial charge on any atom is 0.404 e. The molecule has 0 radical (unpaired) electrons. The molecule has 11 N–H and O–H groups in total. The van der Waals surface area contributed by atoms with Gasteiger partial charge in [0.1, 0.15) is 0 Å². The molecule has 0 bridgehead atoms. The van der Waals surface area contributed by atoms with Gasteiger partial charge in [0.25, 0.3) is 0 Å². The van der Waals surface area contributed by atoms with E-state index in [4.69, 9.17) is 9.90 Å². The van der Waals surface area contributed by atoms with Crippen LogP contribution in [0.5, 0.6) is 0 Å². The van der Waals surface area contributed by atoms with Crippen LogP contribution in [-0.2, 0) is 18.9 Å². The van der Waals surface area contributed by atoms with Crippen molar-refractivity contribution in [2.24, 2.45) is 28.7 Å². The molecule has 5 amide bonds. The Kier molecular flexibility index (Phi) is 37.7. The van der Waals surface area contributed by atoms with Crippen LogP contribution in [0, 0.1) is 0 Å². The molecule has 0 fully saturated rings. The Labute approximate surface area is 143 Å². The second-order valence-electron chi connectivity index (χ2n) is 2.66. The van der Waals surface area contributed by atoms with Crippen molar-refractivity contribution in [1.29, 1.82) is 0 Å². The average molecular weight is 375 g/mol. The lowest BCUT2D eigenvalue weighted by Gasteiger charge is -1.89. The van der Waals surface area contributed by atoms with Crippen LogP contribution in [0.4, 0.5) is 24.0 Å². The average Bonchev–Trinajstić information content (AvgIpc) is 2.48. The van der Waals surface area contributed by atoms with E-state index >= 15 is 0 Å². The predicted octanol–water partition coefficient (Wildman–Crippen LogP) is -1.14. The van der Waals surface area contributed by atoms with Gasteiger partial charge in [0.05, 0.1) is 27.9 Å². The minimum absolute atomic E-state index is 0.356. The molecule has 0 aliphatic rings. The van der Waals surface area contributed by atoms with Crippen LogP contribution >= 0.6 is 0 Å². The fourth-order valence-electron chi connectivity index (χ4n) is 0.142. The molecule has 0 saturated heterocycles. The number of carbonyl (C=O) groups excluding carboxylic acids is 4. The zero-order valence-corrected chi connectivity index (χ0v) is 14.2. The summed E-state index contributed by atoms with van der Waals surface area (Å²) >= 11 is 0. The molecule has 15 heteroatoms. The quantitative estimate of drug-likeness (QED) is 0.299. The maximum absolute atomic E-state index is 9.60. The van der Waals surface area contributed by atoms with Crippen LogP contribution in [0.25, 0.3) is 0 Å². The second-order valence-corrected chi connectivity index (χ2v) is 2.66. The van der Waals surface area contributed by atoms with Gasteiger partial charge in [-0.1, -0.05) is 0 Å². The molecule has 0 aromatic carbocycles. The molecule has 150 valence electrons. The summed E-state index contributed by atoms with van der Waals surface area (Å²) < 4.78 is 15.8. The Morgan fingerprint density at radius 1 is 0.680 bits per heavy atom. The number of primary amides is 5. The monoisotopic (exact) mass is 375 g/mol. The summed E-state index contributed by atoms with van der Waals surface area (Å²) in [4.78, 5) is 46.5. The van der Waals surface area contributed by atoms with Crippen molar-refractivity contribution in [2.75, 3.05) is 27.9 Å². The van der Waals surface area contributed by atoms with Crippen molar-refractivity contribution in [2.45, 2.75) is 6.92 Å². The largest absolute Gasteiger partial charge is 0.465 e. The number of methoxy groups -OCH3 is 3. The molecule has 0 aliphatic carbocycles. The first-order valence-corrected chi connectivity index (χ1v) is 5.72. The van der Waals surface area contributed by atoms with Gasteiger partial charge < -0.3 is 52.7 Å². The van der Waals surface area contributed by atoms with E-state index < -0.39 is 30.5 Å². The molecular formula is C10H25N5O10. The lowest BCUT2D eigenvalue weighted by atomic mass is 10.9. The van der Waals surface area contributed by atoms with E-state index in [-0.39, 0.29) is 0 Å². The molecule has 0 aliphatic heterocycles. The molecule has 0 saturated carbocycles. The van der Waals surface area contributed by atoms with Crippen molar-refractivity contribution >= 4 is 30.5 Å². The van der Waals surface area contributed by atoms with E-state index in [0.717, 1.165) is 0 Å². The first kappa shape index (κ1) is 33.1. The van der Waals surface area contributed by atoms with E-state index in [0.29, 0.717) is 6.61 Å². The topological polar surface area (TPSA) is 273 Å². The summed E-state index contributed by atoms with van der Waals surface area (Å²) in [5.41, 5.74) is 21.9. The molecule has 0 atom stereocenters. The number of nitrogens with two attached hydrogens (primary N) is 5. The first-order valence-electron chi connectivity index (χ1n) is 5.72. The highest BCUT2D eigenvalue weighted by Gasteiger charge is 1.82. The van der Waals surface area contributed by atoms with Gasteiger partial charge in [-0.25, -0.2) is 24.0 Å². The van der Waals surface area contributed by atoms with E-state index in [9.17, 15) is 19.2 Å². The Morgan fingerprint density at radius 2 is 0.840 bits per heavy atom. The Hall–Kier alpha value is -3.65. The Balaban J connectivity index is -0.0000000671. The number of ether oxygens (including phenoxy) is 4. The molecule has 0 unspecified atom stereocenters. The van der Waals surface area contributed by atoms with Crippen LogP contribution in [-0.4, -0.2) is 63.5 Å². The van der Waals surface area contributed by atoms with Gasteiger partial charge in [0, 0.05) is 0 Å². The van der Waals surface area contributed by atoms with E-state index in [1.807, 2.05) is 0 Å². The van der Waals surface area contributed by atoms with Crippen LogP contribution < -0.4 is 28.7 Å². The van der Waals surface area contributed by atoms with E-state index in [1.54, 1.807) is 6.92 Å². The highest BCUT2D eigenvalue weighted by atomic mass is 16.5. The van der Waals surface area contributed by atoms with E-state index in [2.05, 4.69) is 47.6 Å². The van der Waals surface area contributed by atoms with Crippen LogP contribution in [0.3, 0.4) is 0 Å². The van der Waals surface area contributed by atoms with Crippen LogP contribution in [0.2, 0.25) is 0 Å². The minimum atomic E-state index is -1.33. The molecular weight excluding hydrogens is 350 g/mol. The van der Waals surface area contributed by atoms with Gasteiger partial charge in [0.2, 0.25) is 0 Å². The fraction of sp³-hybridized carbons (Fsp3) is 0.500. The summed E-state index contributed by atoms with van der Waals surface area (Å²) in [5, 5.41) is 7.19. The predicted molar refractivity (Wildman–Crippen MR) is 83.2 cm³/mol. The number of amides is 5. The van der Waals surface area contributed by atoms with Gasteiger partial charge in [-0.3, -0.25) is 0 Å². The normalized spacial score (nSPS) is 6.72. The molecule has 0 aromatic heterocycles. The summed E-state index contributed by atoms with van der Waals surface area (Å²) in [6.45, 7) is 2.06. The third-order valence-electron chi connectivity index (χ3n) is 0.890. The minimum Gasteiger partial charge on any atom is -0.465 e. The molecule has 15 nitrogen and oxygen atoms in total. The van der Waals surface area contributed by atoms with Crippen molar-refractivity contribution in [3.63, 3.8) is 0 Å². The molecule has 0 spiro atoms. The van der Waals surface area contributed by atoms with Crippen molar-refractivity contribution in [3.05, 3.63) is 0 Å².